The summed E-state index contributed by atoms with van der Waals surface area (Å²) in [5.41, 5.74) is 0.887. The molecule has 24 heavy (non-hydrogen) atoms. The predicted octanol–water partition coefficient (Wildman–Crippen LogP) is 2.99. The molecular formula is C17H21FN4O2. The van der Waals surface area contributed by atoms with Crippen LogP contribution in [0.1, 0.15) is 24.8 Å². The van der Waals surface area contributed by atoms with Crippen molar-refractivity contribution in [1.29, 1.82) is 0 Å². The zero-order chi connectivity index (χ0) is 17.1. The summed E-state index contributed by atoms with van der Waals surface area (Å²) in [5, 5.41) is 9.71. The summed E-state index contributed by atoms with van der Waals surface area (Å²) in [6.07, 6.45) is 6.07. The quantitative estimate of drug-likeness (QED) is 0.904. The Morgan fingerprint density at radius 2 is 2.25 bits per heavy atom. The highest BCUT2D eigenvalue weighted by atomic mass is 19.1. The van der Waals surface area contributed by atoms with Crippen molar-refractivity contribution >= 4 is 11.7 Å². The number of carbonyl (C=O) groups is 1. The molecule has 0 spiro atoms. The molecule has 6 nitrogen and oxygen atoms in total. The highest BCUT2D eigenvalue weighted by Gasteiger charge is 2.30. The van der Waals surface area contributed by atoms with Gasteiger partial charge in [0.25, 0.3) is 0 Å². The maximum absolute atomic E-state index is 13.5. The van der Waals surface area contributed by atoms with Gasteiger partial charge in [-0.25, -0.2) is 9.18 Å². The van der Waals surface area contributed by atoms with Crippen molar-refractivity contribution < 1.29 is 13.9 Å². The average molecular weight is 332 g/mol. The molecule has 2 atom stereocenters. The van der Waals surface area contributed by atoms with Crippen molar-refractivity contribution in [2.75, 3.05) is 5.32 Å². The van der Waals surface area contributed by atoms with Gasteiger partial charge in [0, 0.05) is 18.3 Å². The van der Waals surface area contributed by atoms with E-state index in [0.717, 1.165) is 19.3 Å². The van der Waals surface area contributed by atoms with Gasteiger partial charge < -0.3 is 15.4 Å². The number of nitrogens with one attached hydrogen (secondary N) is 2. The first-order valence-corrected chi connectivity index (χ1v) is 8.01. The Kier molecular flexibility index (Phi) is 4.69. The summed E-state index contributed by atoms with van der Waals surface area (Å²) < 4.78 is 21.1. The third kappa shape index (κ3) is 3.67. The zero-order valence-corrected chi connectivity index (χ0v) is 13.8. The topological polar surface area (TPSA) is 68.2 Å². The third-order valence-electron chi connectivity index (χ3n) is 4.25. The smallest absolute Gasteiger partial charge is 0.319 e. The summed E-state index contributed by atoms with van der Waals surface area (Å²) in [6, 6.07) is 4.18. The molecule has 1 aromatic carbocycles. The highest BCUT2D eigenvalue weighted by Crippen LogP contribution is 2.25. The molecule has 0 radical (unpaired) electrons. The monoisotopic (exact) mass is 332 g/mol. The second-order valence-corrected chi connectivity index (χ2v) is 6.05. The van der Waals surface area contributed by atoms with E-state index in [1.165, 1.54) is 6.07 Å². The minimum Gasteiger partial charge on any atom is -0.485 e. The van der Waals surface area contributed by atoms with Crippen LogP contribution >= 0.6 is 0 Å². The first-order valence-electron chi connectivity index (χ1n) is 8.01. The number of benzene rings is 1. The first kappa shape index (κ1) is 16.3. The molecule has 3 rings (SSSR count). The molecule has 0 saturated heterocycles. The Bertz CT molecular complexity index is 731. The molecule has 2 amide bonds. The Balaban J connectivity index is 1.59. The lowest BCUT2D eigenvalue weighted by molar-refractivity contribution is 0.175. The van der Waals surface area contributed by atoms with Gasteiger partial charge in [-0.05, 0) is 38.3 Å². The zero-order valence-electron chi connectivity index (χ0n) is 13.8. The molecule has 1 aromatic heterocycles. The van der Waals surface area contributed by atoms with E-state index in [0.29, 0.717) is 17.0 Å². The SMILES string of the molecule is Cc1c(F)cccc1NC(=O)N[C@@H]1CCC[C@@H]1Oc1cnn(C)c1. The van der Waals surface area contributed by atoms with E-state index in [-0.39, 0.29) is 24.0 Å². The largest absolute Gasteiger partial charge is 0.485 e. The van der Waals surface area contributed by atoms with Crippen LogP contribution in [0.4, 0.5) is 14.9 Å². The number of rotatable bonds is 4. The molecule has 2 aromatic rings. The first-order chi connectivity index (χ1) is 11.5. The van der Waals surface area contributed by atoms with Crippen molar-refractivity contribution in [2.45, 2.75) is 38.3 Å². The second kappa shape index (κ2) is 6.90. The molecule has 2 N–H and O–H groups in total. The number of nitrogens with zero attached hydrogens (tertiary/aromatic N) is 2. The Morgan fingerprint density at radius 3 is 3.00 bits per heavy atom. The lowest BCUT2D eigenvalue weighted by Crippen LogP contribution is -2.44. The number of hydrogen-bond acceptors (Lipinski definition) is 3. The van der Waals surface area contributed by atoms with Gasteiger partial charge >= 0.3 is 6.03 Å². The van der Waals surface area contributed by atoms with Gasteiger partial charge in [0.05, 0.1) is 18.4 Å². The lowest BCUT2D eigenvalue weighted by atomic mass is 10.2. The second-order valence-electron chi connectivity index (χ2n) is 6.05. The molecule has 1 heterocycles. The summed E-state index contributed by atoms with van der Waals surface area (Å²) in [6.45, 7) is 1.63. The number of carbonyl (C=O) groups excluding carboxylic acids is 1. The van der Waals surface area contributed by atoms with Gasteiger partial charge in [-0.15, -0.1) is 0 Å². The highest BCUT2D eigenvalue weighted by molar-refractivity contribution is 5.90. The van der Waals surface area contributed by atoms with Gasteiger partial charge in [-0.3, -0.25) is 4.68 Å². The molecular weight excluding hydrogens is 311 g/mol. The molecule has 1 aliphatic rings. The number of anilines is 1. The molecule has 128 valence electrons. The van der Waals surface area contributed by atoms with Gasteiger partial charge in [0.15, 0.2) is 5.75 Å². The van der Waals surface area contributed by atoms with E-state index in [1.807, 2.05) is 7.05 Å². The van der Waals surface area contributed by atoms with Crippen molar-refractivity contribution in [1.82, 2.24) is 15.1 Å². The molecule has 1 aliphatic carbocycles. The average Bonchev–Trinajstić information content (AvgIpc) is 3.14. The van der Waals surface area contributed by atoms with Gasteiger partial charge in [-0.1, -0.05) is 6.07 Å². The van der Waals surface area contributed by atoms with Gasteiger partial charge in [0.1, 0.15) is 11.9 Å². The number of urea groups is 1. The minimum atomic E-state index is -0.351. The lowest BCUT2D eigenvalue weighted by Gasteiger charge is -2.22. The van der Waals surface area contributed by atoms with Crippen molar-refractivity contribution in [3.63, 3.8) is 0 Å². The van der Waals surface area contributed by atoms with Crippen LogP contribution in [0.5, 0.6) is 5.75 Å². The normalized spacial score (nSPS) is 20.0. The summed E-state index contributed by atoms with van der Waals surface area (Å²) in [7, 11) is 1.83. The molecule has 0 aliphatic heterocycles. The third-order valence-corrected chi connectivity index (χ3v) is 4.25. The van der Waals surface area contributed by atoms with Gasteiger partial charge in [0.2, 0.25) is 0 Å². The molecule has 0 unspecified atom stereocenters. The van der Waals surface area contributed by atoms with Crippen molar-refractivity contribution in [3.05, 3.63) is 42.0 Å². The van der Waals surface area contributed by atoms with E-state index >= 15 is 0 Å². The van der Waals surface area contributed by atoms with Crippen LogP contribution in [-0.4, -0.2) is 28.0 Å². The Labute approximate surface area is 140 Å². The molecule has 1 saturated carbocycles. The summed E-state index contributed by atoms with van der Waals surface area (Å²) >= 11 is 0. The number of amides is 2. The van der Waals surface area contributed by atoms with E-state index < -0.39 is 0 Å². The van der Waals surface area contributed by atoms with Crippen molar-refractivity contribution in [2.24, 2.45) is 7.05 Å². The number of halogens is 1. The molecule has 0 bridgehead atoms. The Morgan fingerprint density at radius 1 is 1.42 bits per heavy atom. The number of aryl methyl sites for hydroxylation is 1. The van der Waals surface area contributed by atoms with Crippen LogP contribution in [0.3, 0.4) is 0 Å². The summed E-state index contributed by atoms with van der Waals surface area (Å²) in [5.74, 6) is 0.351. The number of hydrogen-bond donors (Lipinski definition) is 2. The predicted molar refractivity (Wildman–Crippen MR) is 88.6 cm³/mol. The maximum atomic E-state index is 13.5. The summed E-state index contributed by atoms with van der Waals surface area (Å²) in [4.78, 5) is 12.2. The fourth-order valence-electron chi connectivity index (χ4n) is 2.94. The fourth-order valence-corrected chi connectivity index (χ4v) is 2.94. The van der Waals surface area contributed by atoms with Crippen LogP contribution in [0.25, 0.3) is 0 Å². The van der Waals surface area contributed by atoms with E-state index in [4.69, 9.17) is 4.74 Å². The van der Waals surface area contributed by atoms with E-state index in [2.05, 4.69) is 15.7 Å². The molecule has 1 fully saturated rings. The van der Waals surface area contributed by atoms with Crippen LogP contribution in [0, 0.1) is 12.7 Å². The van der Waals surface area contributed by atoms with Crippen LogP contribution in [0.15, 0.2) is 30.6 Å². The van der Waals surface area contributed by atoms with E-state index in [1.54, 1.807) is 36.1 Å². The Hall–Kier alpha value is -2.57. The number of aromatic nitrogens is 2. The maximum Gasteiger partial charge on any atom is 0.319 e. The van der Waals surface area contributed by atoms with Crippen LogP contribution < -0.4 is 15.4 Å². The molecule has 7 heteroatoms. The van der Waals surface area contributed by atoms with E-state index in [9.17, 15) is 9.18 Å². The van der Waals surface area contributed by atoms with Crippen LogP contribution in [-0.2, 0) is 7.05 Å². The minimum absolute atomic E-state index is 0.0842. The standard InChI is InChI=1S/C17H21FN4O2/c1-11-13(18)5-3-6-14(11)20-17(23)21-15-7-4-8-16(15)24-12-9-19-22(2)10-12/h3,5-6,9-10,15-16H,4,7-8H2,1-2H3,(H2,20,21,23)/t15-,16+/m1/s1. The fraction of sp³-hybridized carbons (Fsp3) is 0.412. The van der Waals surface area contributed by atoms with Gasteiger partial charge in [-0.2, -0.15) is 5.10 Å². The number of ether oxygens (including phenoxy) is 1. The van der Waals surface area contributed by atoms with Crippen LogP contribution in [0.2, 0.25) is 0 Å². The van der Waals surface area contributed by atoms with Crippen molar-refractivity contribution in [3.8, 4) is 5.75 Å².